The number of aliphatic hydroxyl groups is 1. The zero-order chi connectivity index (χ0) is 25.7. The third-order valence-corrected chi connectivity index (χ3v) is 5.01. The van der Waals surface area contributed by atoms with E-state index in [-0.39, 0.29) is 18.7 Å². The second kappa shape index (κ2) is 11.1. The molecule has 0 saturated heterocycles. The van der Waals surface area contributed by atoms with Crippen molar-refractivity contribution in [2.45, 2.75) is 77.7 Å². The summed E-state index contributed by atoms with van der Waals surface area (Å²) in [6, 6.07) is 6.26. The first-order valence-corrected chi connectivity index (χ1v) is 11.4. The van der Waals surface area contributed by atoms with Crippen LogP contribution in [-0.2, 0) is 17.6 Å². The molecule has 2 amide bonds. The number of alkyl carbamates (subject to hydrolysis) is 1. The van der Waals surface area contributed by atoms with E-state index in [0.29, 0.717) is 21.8 Å². The Morgan fingerprint density at radius 1 is 1.15 bits per heavy atom. The van der Waals surface area contributed by atoms with Gasteiger partial charge in [-0.15, -0.1) is 0 Å². The summed E-state index contributed by atoms with van der Waals surface area (Å²) >= 11 is 6.22. The smallest absolute Gasteiger partial charge is 0.407 e. The predicted molar refractivity (Wildman–Crippen MR) is 129 cm³/mol. The molecule has 0 spiro atoms. The fraction of sp³-hybridized carbons (Fsp3) is 0.480. The number of rotatable bonds is 7. The number of aromatic nitrogens is 1. The quantitative estimate of drug-likeness (QED) is 0.529. The first-order valence-electron chi connectivity index (χ1n) is 11.0. The highest BCUT2D eigenvalue weighted by Gasteiger charge is 2.28. The first kappa shape index (κ1) is 27.5. The average molecular weight is 494 g/mol. The maximum atomic E-state index is 13.8. The summed E-state index contributed by atoms with van der Waals surface area (Å²) in [5.74, 6) is -0.816. The number of amides is 2. The number of carbonyl (C=O) groups is 2. The average Bonchev–Trinajstić information content (AvgIpc) is 2.67. The van der Waals surface area contributed by atoms with Gasteiger partial charge in [-0.3, -0.25) is 9.78 Å². The molecule has 1 heterocycles. The molecular weight excluding hydrogens is 461 g/mol. The molecule has 0 aliphatic heterocycles. The van der Waals surface area contributed by atoms with Crippen LogP contribution in [0.25, 0.3) is 0 Å². The van der Waals surface area contributed by atoms with Crippen molar-refractivity contribution in [3.05, 3.63) is 64.2 Å². The topological polar surface area (TPSA) is 101 Å². The van der Waals surface area contributed by atoms with Crippen LogP contribution in [0.2, 0.25) is 5.02 Å². The van der Waals surface area contributed by atoms with Gasteiger partial charge in [-0.1, -0.05) is 11.6 Å². The Balaban J connectivity index is 2.31. The number of aliphatic hydroxyl groups excluding tert-OH is 1. The van der Waals surface area contributed by atoms with Gasteiger partial charge < -0.3 is 20.5 Å². The van der Waals surface area contributed by atoms with Crippen LogP contribution in [0.4, 0.5) is 9.18 Å². The summed E-state index contributed by atoms with van der Waals surface area (Å²) in [6.07, 6.45) is -0.400. The van der Waals surface area contributed by atoms with E-state index in [1.165, 1.54) is 24.4 Å². The summed E-state index contributed by atoms with van der Waals surface area (Å²) in [4.78, 5) is 29.5. The molecule has 1 aromatic heterocycles. The number of hydrogen-bond acceptors (Lipinski definition) is 5. The fourth-order valence-electron chi connectivity index (χ4n) is 3.23. The van der Waals surface area contributed by atoms with Crippen LogP contribution in [0.1, 0.15) is 63.2 Å². The Kier molecular flexibility index (Phi) is 9.02. The Morgan fingerprint density at radius 2 is 1.82 bits per heavy atom. The molecule has 0 aliphatic rings. The lowest BCUT2D eigenvalue weighted by Crippen LogP contribution is -2.48. The van der Waals surface area contributed by atoms with Gasteiger partial charge in [0.1, 0.15) is 11.4 Å². The Bertz CT molecular complexity index is 1020. The molecule has 186 valence electrons. The maximum Gasteiger partial charge on any atom is 0.407 e. The predicted octanol–water partition coefficient (Wildman–Crippen LogP) is 4.44. The van der Waals surface area contributed by atoms with E-state index in [0.717, 1.165) is 0 Å². The molecule has 2 atom stereocenters. The van der Waals surface area contributed by atoms with Crippen molar-refractivity contribution in [2.75, 3.05) is 0 Å². The van der Waals surface area contributed by atoms with Crippen LogP contribution in [0.15, 0.2) is 36.5 Å². The summed E-state index contributed by atoms with van der Waals surface area (Å²) < 4.78 is 19.1. The van der Waals surface area contributed by atoms with Gasteiger partial charge in [0.05, 0.1) is 23.4 Å². The molecule has 2 rings (SSSR count). The Labute approximate surface area is 205 Å². The lowest BCUT2D eigenvalue weighted by Gasteiger charge is -2.27. The fourth-order valence-corrected chi connectivity index (χ4v) is 3.43. The second-order valence-corrected chi connectivity index (χ2v) is 10.6. The van der Waals surface area contributed by atoms with Crippen LogP contribution in [0.3, 0.4) is 0 Å². The Morgan fingerprint density at radius 3 is 2.44 bits per heavy atom. The lowest BCUT2D eigenvalue weighted by atomic mass is 9.96. The van der Waals surface area contributed by atoms with Crippen molar-refractivity contribution in [3.63, 3.8) is 0 Å². The minimum Gasteiger partial charge on any atom is -0.444 e. The number of ether oxygens (including phenoxy) is 1. The van der Waals surface area contributed by atoms with Gasteiger partial charge >= 0.3 is 6.09 Å². The van der Waals surface area contributed by atoms with Crippen molar-refractivity contribution in [3.8, 4) is 0 Å². The van der Waals surface area contributed by atoms with Gasteiger partial charge in [0.25, 0.3) is 5.91 Å². The number of benzene rings is 1. The summed E-state index contributed by atoms with van der Waals surface area (Å²) in [6.45, 7) is 10.7. The second-order valence-electron chi connectivity index (χ2n) is 10.2. The van der Waals surface area contributed by atoms with Gasteiger partial charge in [-0.2, -0.15) is 0 Å². The third-order valence-electron chi connectivity index (χ3n) is 4.64. The molecule has 34 heavy (non-hydrogen) atoms. The normalized spacial score (nSPS) is 13.7. The van der Waals surface area contributed by atoms with Gasteiger partial charge in [0.15, 0.2) is 0 Å². The largest absolute Gasteiger partial charge is 0.444 e. The van der Waals surface area contributed by atoms with Crippen LogP contribution in [0.5, 0.6) is 0 Å². The highest BCUT2D eigenvalue weighted by molar-refractivity contribution is 6.31. The molecule has 1 aromatic carbocycles. The van der Waals surface area contributed by atoms with E-state index >= 15 is 0 Å². The molecule has 7 nitrogen and oxygen atoms in total. The van der Waals surface area contributed by atoms with Crippen molar-refractivity contribution in [1.82, 2.24) is 15.6 Å². The molecule has 0 aliphatic carbocycles. The molecule has 9 heteroatoms. The number of halogens is 2. The summed E-state index contributed by atoms with van der Waals surface area (Å²) in [5, 5.41) is 16.9. The SMILES string of the molecule is CC(C)(C)NC(=O)c1cccnc1CC(O)C(Cc1cc(F)ccc1Cl)NC(=O)OC(C)(C)C. The maximum absolute atomic E-state index is 13.8. The van der Waals surface area contributed by atoms with Crippen molar-refractivity contribution < 1.29 is 23.8 Å². The highest BCUT2D eigenvalue weighted by atomic mass is 35.5. The minimum absolute atomic E-state index is 0.0351. The molecular formula is C25H33ClFN3O4. The highest BCUT2D eigenvalue weighted by Crippen LogP contribution is 2.21. The summed E-state index contributed by atoms with van der Waals surface area (Å²) in [5.41, 5.74) is -0.129. The molecule has 2 unspecified atom stereocenters. The van der Waals surface area contributed by atoms with Crippen LogP contribution in [0, 0.1) is 5.82 Å². The molecule has 0 radical (unpaired) electrons. The van der Waals surface area contributed by atoms with Gasteiger partial charge in [-0.05, 0) is 83.9 Å². The van der Waals surface area contributed by atoms with E-state index in [2.05, 4.69) is 15.6 Å². The number of carbonyl (C=O) groups excluding carboxylic acids is 2. The van der Waals surface area contributed by atoms with E-state index in [1.807, 2.05) is 20.8 Å². The molecule has 3 N–H and O–H groups in total. The van der Waals surface area contributed by atoms with Gasteiger partial charge in [-0.25, -0.2) is 9.18 Å². The monoisotopic (exact) mass is 493 g/mol. The standard InChI is InChI=1S/C25H33ClFN3O4/c1-24(2,3)30-22(32)17-8-7-11-28-19(17)14-21(31)20(29-23(33)34-25(4,5)6)13-15-12-16(27)9-10-18(15)26/h7-12,20-21,31H,13-14H2,1-6H3,(H,29,33)(H,30,32). The lowest BCUT2D eigenvalue weighted by molar-refractivity contribution is 0.0420. The molecule has 0 saturated carbocycles. The van der Waals surface area contributed by atoms with E-state index in [9.17, 15) is 19.1 Å². The van der Waals surface area contributed by atoms with Gasteiger partial charge in [0.2, 0.25) is 0 Å². The van der Waals surface area contributed by atoms with E-state index in [1.54, 1.807) is 32.9 Å². The Hall–Kier alpha value is -2.71. The number of nitrogens with one attached hydrogen (secondary N) is 2. The zero-order valence-corrected chi connectivity index (χ0v) is 21.2. The van der Waals surface area contributed by atoms with Crippen molar-refractivity contribution in [2.24, 2.45) is 0 Å². The number of pyridine rings is 1. The first-order chi connectivity index (χ1) is 15.6. The number of hydrogen-bond donors (Lipinski definition) is 3. The molecule has 2 aromatic rings. The van der Waals surface area contributed by atoms with Crippen molar-refractivity contribution in [1.29, 1.82) is 0 Å². The summed E-state index contributed by atoms with van der Waals surface area (Å²) in [7, 11) is 0. The zero-order valence-electron chi connectivity index (χ0n) is 20.4. The molecule has 0 fully saturated rings. The van der Waals surface area contributed by atoms with Crippen LogP contribution in [-0.4, -0.2) is 45.4 Å². The van der Waals surface area contributed by atoms with Gasteiger partial charge in [0, 0.05) is 23.2 Å². The number of nitrogens with zero attached hydrogens (tertiary/aromatic N) is 1. The third kappa shape index (κ3) is 8.91. The van der Waals surface area contributed by atoms with E-state index in [4.69, 9.17) is 16.3 Å². The van der Waals surface area contributed by atoms with Crippen LogP contribution >= 0.6 is 11.6 Å². The van der Waals surface area contributed by atoms with E-state index < -0.39 is 35.2 Å². The van der Waals surface area contributed by atoms with Crippen LogP contribution < -0.4 is 10.6 Å². The molecule has 0 bridgehead atoms. The minimum atomic E-state index is -1.18. The van der Waals surface area contributed by atoms with Crippen molar-refractivity contribution >= 4 is 23.6 Å².